The lowest BCUT2D eigenvalue weighted by atomic mass is 9.95. The molecule has 2 amide bonds. The number of anilines is 1. The Morgan fingerprint density at radius 1 is 1.00 bits per heavy atom. The molecule has 1 atom stereocenters. The van der Waals surface area contributed by atoms with Crippen LogP contribution in [0.2, 0.25) is 0 Å². The molecule has 0 radical (unpaired) electrons. The number of methoxy groups -OCH3 is 3. The molecule has 9 nitrogen and oxygen atoms in total. The van der Waals surface area contributed by atoms with Crippen LogP contribution in [0.15, 0.2) is 29.1 Å². The number of amides is 2. The van der Waals surface area contributed by atoms with E-state index in [4.69, 9.17) is 14.2 Å². The van der Waals surface area contributed by atoms with Crippen molar-refractivity contribution in [3.05, 3.63) is 45.6 Å². The average Bonchev–Trinajstić information content (AvgIpc) is 3.22. The lowest BCUT2D eigenvalue weighted by Gasteiger charge is -2.26. The summed E-state index contributed by atoms with van der Waals surface area (Å²) in [6.07, 6.45) is 4.42. The van der Waals surface area contributed by atoms with Gasteiger partial charge in [0.05, 0.1) is 33.1 Å². The Morgan fingerprint density at radius 3 is 2.44 bits per heavy atom. The second kappa shape index (κ2) is 14.5. The van der Waals surface area contributed by atoms with E-state index in [0.717, 1.165) is 66.1 Å². The Kier molecular flexibility index (Phi) is 10.8. The van der Waals surface area contributed by atoms with Crippen LogP contribution < -0.4 is 30.3 Å². The minimum absolute atomic E-state index is 0.150. The summed E-state index contributed by atoms with van der Waals surface area (Å²) in [7, 11) is 4.74. The van der Waals surface area contributed by atoms with Gasteiger partial charge in [-0.15, -0.1) is 0 Å². The Morgan fingerprint density at radius 2 is 1.76 bits per heavy atom. The molecular weight excluding hydrogens is 542 g/mol. The fourth-order valence-electron chi connectivity index (χ4n) is 5.63. The van der Waals surface area contributed by atoms with E-state index in [2.05, 4.69) is 10.6 Å². The first-order valence-corrected chi connectivity index (χ1v) is 15.4. The van der Waals surface area contributed by atoms with Crippen LogP contribution in [0, 0.1) is 0 Å². The average molecular weight is 584 g/mol. The first kappa shape index (κ1) is 30.6. The maximum atomic E-state index is 13.4. The third-order valence-electron chi connectivity index (χ3n) is 7.66. The van der Waals surface area contributed by atoms with E-state index in [9.17, 15) is 14.4 Å². The molecule has 1 fully saturated rings. The van der Waals surface area contributed by atoms with E-state index in [1.807, 2.05) is 28.8 Å². The highest BCUT2D eigenvalue weighted by molar-refractivity contribution is 7.99. The molecule has 222 valence electrons. The van der Waals surface area contributed by atoms with Crippen LogP contribution in [0.1, 0.15) is 56.2 Å². The van der Waals surface area contributed by atoms with Gasteiger partial charge in [0.25, 0.3) is 0 Å². The molecule has 4 rings (SSSR count). The fraction of sp³-hybridized carbons (Fsp3) is 0.516. The number of rotatable bonds is 11. The monoisotopic (exact) mass is 583 g/mol. The topological polar surface area (TPSA) is 106 Å². The van der Waals surface area contributed by atoms with Crippen LogP contribution in [0.3, 0.4) is 0 Å². The molecule has 41 heavy (non-hydrogen) atoms. The zero-order chi connectivity index (χ0) is 29.4. The van der Waals surface area contributed by atoms with Gasteiger partial charge in [-0.2, -0.15) is 11.8 Å². The Labute approximate surface area is 246 Å². The zero-order valence-corrected chi connectivity index (χ0v) is 25.3. The van der Waals surface area contributed by atoms with Crippen molar-refractivity contribution in [3.63, 3.8) is 0 Å². The Bertz CT molecular complexity index is 1310. The molecule has 2 aromatic rings. The number of nitrogens with zero attached hydrogens (tertiary/aromatic N) is 1. The number of unbranched alkanes of at least 4 members (excludes halogenated alkanes) is 2. The van der Waals surface area contributed by atoms with Crippen molar-refractivity contribution < 1.29 is 23.8 Å². The summed E-state index contributed by atoms with van der Waals surface area (Å²) in [5.74, 6) is 3.69. The number of aryl methyl sites for hydroxylation is 1. The molecular formula is C31H41N3O6S. The summed E-state index contributed by atoms with van der Waals surface area (Å²) in [4.78, 5) is 39.9. The van der Waals surface area contributed by atoms with Gasteiger partial charge in [0.1, 0.15) is 0 Å². The number of fused-ring (bicyclic) bond motifs is 3. The van der Waals surface area contributed by atoms with Crippen molar-refractivity contribution in [2.24, 2.45) is 0 Å². The number of benzene rings is 1. The largest absolute Gasteiger partial charge is 0.493 e. The first-order valence-electron chi connectivity index (χ1n) is 14.2. The second-order valence-corrected chi connectivity index (χ2v) is 11.6. The standard InChI is InChI=1S/C31H41N3O6S/c1-20(35)33-24-11-9-21-18-27(38-2)30(39-3)31(40-4)29(21)22-10-12-25(26(36)19-23(22)24)32-13-7-5-6-8-28(37)34-14-16-41-17-15-34/h10,12,18-19,24H,5-9,11,13-17H2,1-4H3,(H,32,36)(H,33,35)/t24-/m0/s1. The normalized spacial score (nSPS) is 16.1. The van der Waals surface area contributed by atoms with Gasteiger partial charge in [-0.3, -0.25) is 14.4 Å². The van der Waals surface area contributed by atoms with Gasteiger partial charge in [0.2, 0.25) is 23.0 Å². The summed E-state index contributed by atoms with van der Waals surface area (Å²) in [5.41, 5.74) is 3.68. The molecule has 10 heteroatoms. The number of hydrogen-bond donors (Lipinski definition) is 2. The van der Waals surface area contributed by atoms with Gasteiger partial charge in [0.15, 0.2) is 11.5 Å². The molecule has 1 saturated heterocycles. The third kappa shape index (κ3) is 7.28. The molecule has 2 N–H and O–H groups in total. The van der Waals surface area contributed by atoms with Crippen molar-refractivity contribution in [1.82, 2.24) is 10.2 Å². The van der Waals surface area contributed by atoms with Crippen molar-refractivity contribution in [2.75, 3.05) is 57.8 Å². The van der Waals surface area contributed by atoms with Crippen molar-refractivity contribution in [1.29, 1.82) is 0 Å². The lowest BCUT2D eigenvalue weighted by Crippen LogP contribution is -2.37. The van der Waals surface area contributed by atoms with Gasteiger partial charge in [-0.1, -0.05) is 12.5 Å². The number of ether oxygens (including phenoxy) is 3. The predicted molar refractivity (Wildman–Crippen MR) is 164 cm³/mol. The van der Waals surface area contributed by atoms with Crippen molar-refractivity contribution >= 4 is 29.3 Å². The molecule has 0 aromatic heterocycles. The maximum Gasteiger partial charge on any atom is 0.222 e. The van der Waals surface area contributed by atoms with Gasteiger partial charge in [-0.25, -0.2) is 0 Å². The van der Waals surface area contributed by atoms with E-state index in [0.29, 0.717) is 48.7 Å². The molecule has 0 unspecified atom stereocenters. The van der Waals surface area contributed by atoms with Crippen LogP contribution in [-0.2, 0) is 16.0 Å². The van der Waals surface area contributed by atoms with Crippen molar-refractivity contribution in [3.8, 4) is 28.4 Å². The number of hydrogen-bond acceptors (Lipinski definition) is 8. The molecule has 0 spiro atoms. The van der Waals surface area contributed by atoms with Gasteiger partial charge >= 0.3 is 0 Å². The van der Waals surface area contributed by atoms with Crippen LogP contribution in [0.4, 0.5) is 5.69 Å². The van der Waals surface area contributed by atoms with E-state index < -0.39 is 0 Å². The summed E-state index contributed by atoms with van der Waals surface area (Å²) in [6, 6.07) is 6.94. The minimum Gasteiger partial charge on any atom is -0.493 e. The highest BCUT2D eigenvalue weighted by Crippen LogP contribution is 2.50. The van der Waals surface area contributed by atoms with Crippen LogP contribution in [-0.4, -0.2) is 69.2 Å². The van der Waals surface area contributed by atoms with E-state index >= 15 is 0 Å². The second-order valence-electron chi connectivity index (χ2n) is 10.3. The number of carbonyl (C=O) groups is 2. The molecule has 0 saturated carbocycles. The molecule has 2 aliphatic rings. The smallest absolute Gasteiger partial charge is 0.222 e. The highest BCUT2D eigenvalue weighted by atomic mass is 32.2. The Balaban J connectivity index is 1.56. The Hall–Kier alpha value is -3.40. The predicted octanol–water partition coefficient (Wildman–Crippen LogP) is 4.41. The number of thioether (sulfide) groups is 1. The zero-order valence-electron chi connectivity index (χ0n) is 24.5. The minimum atomic E-state index is -0.347. The van der Waals surface area contributed by atoms with E-state index in [-0.39, 0.29) is 23.3 Å². The van der Waals surface area contributed by atoms with Crippen LogP contribution in [0.5, 0.6) is 17.2 Å². The van der Waals surface area contributed by atoms with Crippen LogP contribution in [0.25, 0.3) is 11.1 Å². The summed E-state index contributed by atoms with van der Waals surface area (Å²) in [6.45, 7) is 3.81. The summed E-state index contributed by atoms with van der Waals surface area (Å²) < 4.78 is 17.1. The molecule has 0 bridgehead atoms. The molecule has 1 aliphatic heterocycles. The number of carbonyl (C=O) groups excluding carboxylic acids is 2. The summed E-state index contributed by atoms with van der Waals surface area (Å²) in [5, 5.41) is 6.33. The fourth-order valence-corrected chi connectivity index (χ4v) is 6.53. The summed E-state index contributed by atoms with van der Waals surface area (Å²) >= 11 is 1.90. The number of nitrogens with one attached hydrogen (secondary N) is 2. The molecule has 1 heterocycles. The maximum absolute atomic E-state index is 13.4. The third-order valence-corrected chi connectivity index (χ3v) is 8.61. The molecule has 1 aliphatic carbocycles. The van der Waals surface area contributed by atoms with Gasteiger partial charge in [0, 0.05) is 50.0 Å². The first-order chi connectivity index (χ1) is 19.9. The van der Waals surface area contributed by atoms with Gasteiger partial charge in [-0.05, 0) is 60.6 Å². The highest BCUT2D eigenvalue weighted by Gasteiger charge is 2.29. The SMILES string of the molecule is COc1cc2c(c(OC)c1OC)-c1ccc(NCCCCCC(=O)N3CCSCC3)c(=O)cc1[C@@H](NC(C)=O)CC2. The van der Waals surface area contributed by atoms with E-state index in [1.54, 1.807) is 33.5 Å². The van der Waals surface area contributed by atoms with Crippen LogP contribution >= 0.6 is 11.8 Å². The molecule has 2 aromatic carbocycles. The van der Waals surface area contributed by atoms with Gasteiger partial charge < -0.3 is 29.7 Å². The quantitative estimate of drug-likeness (QED) is 0.375. The van der Waals surface area contributed by atoms with Crippen molar-refractivity contribution in [2.45, 2.75) is 51.5 Å². The lowest BCUT2D eigenvalue weighted by molar-refractivity contribution is -0.131. The van der Waals surface area contributed by atoms with E-state index in [1.165, 1.54) is 6.92 Å².